The molecule has 312 valence electrons. The van der Waals surface area contributed by atoms with Crippen LogP contribution in [0.4, 0.5) is 9.18 Å². The summed E-state index contributed by atoms with van der Waals surface area (Å²) in [5, 5.41) is 14.1. The largest absolute Gasteiger partial charge is 0.497 e. The number of pyridine rings is 1. The zero-order valence-corrected chi connectivity index (χ0v) is 34.4. The highest BCUT2D eigenvalue weighted by molar-refractivity contribution is 7.91. The normalized spacial score (nSPS) is 28.9. The minimum atomic E-state index is -4.41. The number of carboxylic acid groups (broad SMARTS) is 1. The van der Waals surface area contributed by atoms with Crippen LogP contribution in [0.25, 0.3) is 10.9 Å². The molecule has 0 bridgehead atoms. The summed E-state index contributed by atoms with van der Waals surface area (Å²) in [5.74, 6) is -2.34. The van der Waals surface area contributed by atoms with Crippen molar-refractivity contribution in [3.63, 3.8) is 0 Å². The summed E-state index contributed by atoms with van der Waals surface area (Å²) in [4.78, 5) is 63.6. The van der Waals surface area contributed by atoms with E-state index in [0.29, 0.717) is 35.9 Å². The molecule has 1 saturated heterocycles. The number of hydrogen-bond donors (Lipinski definition) is 3. The third kappa shape index (κ3) is 8.21. The van der Waals surface area contributed by atoms with Gasteiger partial charge in [0.2, 0.25) is 21.8 Å². The average molecular weight is 816 g/mol. The van der Waals surface area contributed by atoms with E-state index in [4.69, 9.17) is 14.2 Å². The molecule has 1 aromatic carbocycles. The van der Waals surface area contributed by atoms with Crippen LogP contribution >= 0.6 is 0 Å². The summed E-state index contributed by atoms with van der Waals surface area (Å²) in [5.41, 5.74) is -2.10. The van der Waals surface area contributed by atoms with Gasteiger partial charge in [-0.3, -0.25) is 24.0 Å². The molecule has 17 heteroatoms. The Hall–Kier alpha value is -4.67. The van der Waals surface area contributed by atoms with Crippen molar-refractivity contribution in [3.8, 4) is 17.4 Å². The van der Waals surface area contributed by atoms with Crippen LogP contribution in [0, 0.1) is 17.8 Å². The van der Waals surface area contributed by atoms with E-state index < -0.39 is 86.4 Å². The van der Waals surface area contributed by atoms with Gasteiger partial charge in [-0.05, 0) is 95.4 Å². The number of amides is 4. The molecule has 7 atom stereocenters. The van der Waals surface area contributed by atoms with Crippen LogP contribution in [-0.4, -0.2) is 114 Å². The first kappa shape index (κ1) is 41.9. The first-order valence-electron chi connectivity index (χ1n) is 19.4. The number of carbonyl (C=O) groups is 4. The van der Waals surface area contributed by atoms with Crippen LogP contribution in [-0.2, 0) is 24.4 Å². The molecular formula is C40H54FN5O10S. The number of methoxy groups -OCH3 is 2. The predicted molar refractivity (Wildman–Crippen MR) is 208 cm³/mol. The van der Waals surface area contributed by atoms with E-state index >= 15 is 4.79 Å². The number of alkyl halides is 1. The molecule has 2 saturated carbocycles. The molecule has 4 aliphatic rings. The Morgan fingerprint density at radius 1 is 1.12 bits per heavy atom. The Labute approximate surface area is 332 Å². The van der Waals surface area contributed by atoms with Crippen molar-refractivity contribution < 1.29 is 51.3 Å². The minimum absolute atomic E-state index is 0.0604. The van der Waals surface area contributed by atoms with E-state index in [1.54, 1.807) is 51.1 Å². The van der Waals surface area contributed by atoms with Crippen LogP contribution in [0.1, 0.15) is 79.6 Å². The number of allylic oxidation sites excluding steroid dienone is 1. The third-order valence-corrected chi connectivity index (χ3v) is 14.0. The second-order valence-corrected chi connectivity index (χ2v) is 19.2. The molecule has 2 aromatic rings. The second kappa shape index (κ2) is 15.6. The van der Waals surface area contributed by atoms with Crippen molar-refractivity contribution in [1.29, 1.82) is 0 Å². The third-order valence-electron chi connectivity index (χ3n) is 11.9. The number of rotatable bonds is 9. The Bertz CT molecular complexity index is 2050. The van der Waals surface area contributed by atoms with Gasteiger partial charge in [-0.2, -0.15) is 0 Å². The lowest BCUT2D eigenvalue weighted by atomic mass is 9.85. The highest BCUT2D eigenvalue weighted by Crippen LogP contribution is 2.48. The van der Waals surface area contributed by atoms with Gasteiger partial charge >= 0.3 is 6.09 Å². The maximum atomic E-state index is 15.1. The number of hydrogen-bond acceptors (Lipinski definition) is 10. The topological polar surface area (TPSA) is 194 Å². The van der Waals surface area contributed by atoms with Gasteiger partial charge in [0.1, 0.15) is 40.9 Å². The number of aromatic nitrogens is 1. The Morgan fingerprint density at radius 2 is 1.84 bits per heavy atom. The quantitative estimate of drug-likeness (QED) is 0.300. The van der Waals surface area contributed by atoms with Crippen LogP contribution in [0.5, 0.6) is 17.4 Å². The number of nitrogens with one attached hydrogen (secondary N) is 2. The first-order valence-corrected chi connectivity index (χ1v) is 20.9. The number of sulfonamides is 1. The molecular weight excluding hydrogens is 762 g/mol. The van der Waals surface area contributed by atoms with E-state index in [1.807, 2.05) is 19.9 Å². The van der Waals surface area contributed by atoms with Crippen molar-refractivity contribution in [2.45, 2.75) is 114 Å². The summed E-state index contributed by atoms with van der Waals surface area (Å²) in [6, 6.07) is 4.54. The number of fused-ring (bicyclic) bond motifs is 3. The number of ether oxygens (including phenoxy) is 3. The molecule has 0 radical (unpaired) electrons. The molecule has 2 aliphatic carbocycles. The first-order chi connectivity index (χ1) is 26.8. The average Bonchev–Trinajstić information content (AvgIpc) is 4.05. The summed E-state index contributed by atoms with van der Waals surface area (Å²) >= 11 is 0. The second-order valence-electron chi connectivity index (χ2n) is 17.2. The Kier molecular flexibility index (Phi) is 11.5. The molecule has 15 nitrogen and oxygen atoms in total. The predicted octanol–water partition coefficient (Wildman–Crippen LogP) is 4.58. The molecule has 3 fully saturated rings. The monoisotopic (exact) mass is 815 g/mol. The Balaban J connectivity index is 1.40. The van der Waals surface area contributed by atoms with Gasteiger partial charge in [0, 0.05) is 23.3 Å². The van der Waals surface area contributed by atoms with E-state index in [-0.39, 0.29) is 49.8 Å². The minimum Gasteiger partial charge on any atom is -0.497 e. The molecule has 1 aromatic heterocycles. The van der Waals surface area contributed by atoms with Gasteiger partial charge in [-0.1, -0.05) is 26.0 Å². The molecule has 6 rings (SSSR count). The molecule has 57 heavy (non-hydrogen) atoms. The van der Waals surface area contributed by atoms with Crippen molar-refractivity contribution in [2.75, 3.05) is 27.4 Å². The van der Waals surface area contributed by atoms with Crippen molar-refractivity contribution in [1.82, 2.24) is 24.8 Å². The fourth-order valence-electron chi connectivity index (χ4n) is 8.37. The van der Waals surface area contributed by atoms with Gasteiger partial charge in [0.15, 0.2) is 5.75 Å². The Morgan fingerprint density at radius 3 is 2.46 bits per heavy atom. The van der Waals surface area contributed by atoms with E-state index in [9.17, 15) is 32.3 Å². The standard InChI is InChI=1S/C40H54FN5O10S/c1-23-10-8-9-11-26-20-40(26,36(49)44-57(52,53)39(22-41)14-15-39)43-33(47)30-19-28(56-31-18-25-17-27(54-6)12-13-29(25)42-34(31)55-7)21-45(30)35(48)32(24(2)16-23)46(37(50)51)38(3,4)5/h9,11-13,17-18,23-24,26,28,30,32H,8,10,14-16,19-22H2,1-7H3,(H,43,47)(H,44,49)(H,50,51)/t23-,24-,26-,28-,30+,32+,40-/m1/s1. The fourth-order valence-corrected chi connectivity index (χ4v) is 9.80. The van der Waals surface area contributed by atoms with E-state index in [2.05, 4.69) is 15.0 Å². The molecule has 0 unspecified atom stereocenters. The van der Waals surface area contributed by atoms with Gasteiger partial charge in [-0.25, -0.2) is 22.6 Å². The van der Waals surface area contributed by atoms with Crippen molar-refractivity contribution in [3.05, 3.63) is 36.4 Å². The summed E-state index contributed by atoms with van der Waals surface area (Å²) in [7, 11) is -1.44. The maximum absolute atomic E-state index is 15.1. The van der Waals surface area contributed by atoms with Crippen LogP contribution in [0.15, 0.2) is 36.4 Å². The molecule has 3 heterocycles. The lowest BCUT2D eigenvalue weighted by Crippen LogP contribution is -2.62. The van der Waals surface area contributed by atoms with Gasteiger partial charge < -0.3 is 29.5 Å². The highest BCUT2D eigenvalue weighted by atomic mass is 32.2. The number of carbonyl (C=O) groups excluding carboxylic acids is 3. The summed E-state index contributed by atoms with van der Waals surface area (Å²) in [6.07, 6.45) is 3.48. The van der Waals surface area contributed by atoms with E-state index in [0.717, 1.165) is 4.90 Å². The summed E-state index contributed by atoms with van der Waals surface area (Å²) < 4.78 is 58.1. The zero-order valence-electron chi connectivity index (χ0n) is 33.5. The van der Waals surface area contributed by atoms with Gasteiger partial charge in [-0.15, -0.1) is 0 Å². The van der Waals surface area contributed by atoms with Crippen LogP contribution < -0.4 is 24.2 Å². The van der Waals surface area contributed by atoms with Crippen LogP contribution in [0.2, 0.25) is 0 Å². The lowest BCUT2D eigenvalue weighted by Gasteiger charge is -2.43. The van der Waals surface area contributed by atoms with Gasteiger partial charge in [0.05, 0.1) is 26.3 Å². The van der Waals surface area contributed by atoms with Crippen molar-refractivity contribution in [2.24, 2.45) is 17.8 Å². The maximum Gasteiger partial charge on any atom is 0.408 e. The fraction of sp³-hybridized carbons (Fsp3) is 0.625. The van der Waals surface area contributed by atoms with Crippen LogP contribution in [0.3, 0.4) is 0 Å². The smallest absolute Gasteiger partial charge is 0.408 e. The SMILES string of the molecule is COc1ccc2nc(OC)c(O[C@@H]3C[C@H]4C(=O)N[C@]5(C(=O)NS(=O)(=O)C6(CF)CC6)C[C@H]5C=CCC[C@@H](C)C[C@@H](C)[C@H](N(C(=O)O)C(C)(C)C)C(=O)N4C3)cc2c1. The lowest BCUT2D eigenvalue weighted by molar-refractivity contribution is -0.146. The number of benzene rings is 1. The van der Waals surface area contributed by atoms with E-state index in [1.165, 1.54) is 19.1 Å². The van der Waals surface area contributed by atoms with Gasteiger partial charge in [0.25, 0.3) is 11.8 Å². The zero-order chi connectivity index (χ0) is 41.7. The van der Waals surface area contributed by atoms with Crippen molar-refractivity contribution >= 4 is 44.7 Å². The highest BCUT2D eigenvalue weighted by Gasteiger charge is 2.64. The number of halogens is 1. The molecule has 2 aliphatic heterocycles. The molecule has 4 amide bonds. The summed E-state index contributed by atoms with van der Waals surface area (Å²) in [6.45, 7) is 7.70. The molecule has 3 N–H and O–H groups in total. The molecule has 0 spiro atoms. The number of nitrogens with zero attached hydrogens (tertiary/aromatic N) is 3.